The molecule has 0 unspecified atom stereocenters. The molecule has 5 aliphatic rings. The zero-order valence-electron chi connectivity index (χ0n) is 12.5. The van der Waals surface area contributed by atoms with Crippen molar-refractivity contribution in [2.75, 3.05) is 13.1 Å². The number of hydrogen-bond acceptors (Lipinski definition) is 2. The Balaban J connectivity index is 1.33. The first-order chi connectivity index (χ1) is 9.73. The molecule has 1 atom stereocenters. The maximum Gasteiger partial charge on any atom is 0.226 e. The molecule has 20 heavy (non-hydrogen) atoms. The smallest absolute Gasteiger partial charge is 0.226 e. The number of nitrogens with one attached hydrogen (secondary N) is 2. The largest absolute Gasteiger partial charge is 0.356 e. The third-order valence-corrected chi connectivity index (χ3v) is 6.46. The Morgan fingerprint density at radius 2 is 1.75 bits per heavy atom. The summed E-state index contributed by atoms with van der Waals surface area (Å²) >= 11 is 0. The first kappa shape index (κ1) is 13.1. The number of carbonyl (C=O) groups is 1. The maximum absolute atomic E-state index is 12.7. The number of rotatable bonds is 4. The van der Waals surface area contributed by atoms with Crippen LogP contribution >= 0.6 is 0 Å². The lowest BCUT2D eigenvalue weighted by atomic mass is 9.49. The molecule has 2 N–H and O–H groups in total. The Hall–Kier alpha value is -0.570. The Morgan fingerprint density at radius 1 is 1.10 bits per heavy atom. The molecule has 0 spiro atoms. The van der Waals surface area contributed by atoms with Crippen LogP contribution in [0.4, 0.5) is 0 Å². The Morgan fingerprint density at radius 3 is 2.30 bits per heavy atom. The molecule has 1 heterocycles. The second kappa shape index (κ2) is 5.01. The highest BCUT2D eigenvalue weighted by atomic mass is 16.2. The molecule has 3 heteroatoms. The van der Waals surface area contributed by atoms with E-state index in [1.165, 1.54) is 51.4 Å². The summed E-state index contributed by atoms with van der Waals surface area (Å²) in [4.78, 5) is 12.7. The molecular formula is C17H28N2O. The van der Waals surface area contributed by atoms with Crippen LogP contribution in [0.1, 0.15) is 57.8 Å². The molecule has 0 aromatic rings. The molecule has 4 bridgehead atoms. The van der Waals surface area contributed by atoms with Gasteiger partial charge in [0.25, 0.3) is 0 Å². The first-order valence-electron chi connectivity index (χ1n) is 8.75. The van der Waals surface area contributed by atoms with Crippen molar-refractivity contribution in [1.82, 2.24) is 10.6 Å². The molecule has 112 valence electrons. The normalized spacial score (nSPS) is 45.8. The van der Waals surface area contributed by atoms with E-state index < -0.39 is 0 Å². The molecule has 4 saturated carbocycles. The predicted octanol–water partition coefficient (Wildman–Crippen LogP) is 2.46. The lowest BCUT2D eigenvalue weighted by Gasteiger charge is -2.55. The molecule has 4 aliphatic carbocycles. The van der Waals surface area contributed by atoms with Gasteiger partial charge in [-0.1, -0.05) is 0 Å². The van der Waals surface area contributed by atoms with Crippen LogP contribution in [-0.4, -0.2) is 25.0 Å². The van der Waals surface area contributed by atoms with Gasteiger partial charge in [-0.25, -0.2) is 0 Å². The van der Waals surface area contributed by atoms with Crippen molar-refractivity contribution >= 4 is 5.91 Å². The maximum atomic E-state index is 12.7. The van der Waals surface area contributed by atoms with Crippen molar-refractivity contribution < 1.29 is 4.79 Å². The van der Waals surface area contributed by atoms with Gasteiger partial charge in [-0.3, -0.25) is 4.79 Å². The number of amides is 1. The minimum absolute atomic E-state index is 0.0395. The summed E-state index contributed by atoms with van der Waals surface area (Å²) in [7, 11) is 0. The predicted molar refractivity (Wildman–Crippen MR) is 79.3 cm³/mol. The fraction of sp³-hybridized carbons (Fsp3) is 0.941. The fourth-order valence-electron chi connectivity index (χ4n) is 5.94. The van der Waals surface area contributed by atoms with Gasteiger partial charge in [0, 0.05) is 18.0 Å². The second-order valence-electron chi connectivity index (χ2n) is 8.04. The van der Waals surface area contributed by atoms with Crippen molar-refractivity contribution in [3.8, 4) is 0 Å². The zero-order valence-corrected chi connectivity index (χ0v) is 12.5. The topological polar surface area (TPSA) is 41.1 Å². The summed E-state index contributed by atoms with van der Waals surface area (Å²) in [5.41, 5.74) is 0.0395. The van der Waals surface area contributed by atoms with Crippen LogP contribution in [0.2, 0.25) is 0 Å². The van der Waals surface area contributed by atoms with E-state index in [9.17, 15) is 4.79 Å². The number of hydrogen-bond donors (Lipinski definition) is 2. The van der Waals surface area contributed by atoms with Gasteiger partial charge in [0.15, 0.2) is 0 Å². The highest BCUT2D eigenvalue weighted by molar-refractivity contribution is 5.83. The quantitative estimate of drug-likeness (QED) is 0.828. The monoisotopic (exact) mass is 276 g/mol. The van der Waals surface area contributed by atoms with Gasteiger partial charge in [0.05, 0.1) is 0 Å². The lowest BCUT2D eigenvalue weighted by Crippen LogP contribution is -2.53. The van der Waals surface area contributed by atoms with E-state index in [0.29, 0.717) is 11.9 Å². The third kappa shape index (κ3) is 2.28. The molecule has 1 saturated heterocycles. The van der Waals surface area contributed by atoms with Crippen LogP contribution in [0.15, 0.2) is 0 Å². The van der Waals surface area contributed by atoms with Crippen molar-refractivity contribution in [2.24, 2.45) is 23.2 Å². The molecular weight excluding hydrogens is 248 g/mol. The second-order valence-corrected chi connectivity index (χ2v) is 8.04. The molecule has 5 rings (SSSR count). The zero-order chi connectivity index (χ0) is 13.6. The van der Waals surface area contributed by atoms with Crippen LogP contribution < -0.4 is 10.6 Å². The van der Waals surface area contributed by atoms with E-state index in [2.05, 4.69) is 10.6 Å². The summed E-state index contributed by atoms with van der Waals surface area (Å²) in [6, 6.07) is 0.645. The van der Waals surface area contributed by atoms with Gasteiger partial charge in [-0.2, -0.15) is 0 Å². The van der Waals surface area contributed by atoms with Gasteiger partial charge in [-0.15, -0.1) is 0 Å². The Kier molecular flexibility index (Phi) is 3.29. The van der Waals surface area contributed by atoms with Gasteiger partial charge in [0.2, 0.25) is 5.91 Å². The molecule has 0 aromatic heterocycles. The summed E-state index contributed by atoms with van der Waals surface area (Å²) in [5.74, 6) is 2.99. The average Bonchev–Trinajstić information content (AvgIpc) is 2.90. The summed E-state index contributed by atoms with van der Waals surface area (Å²) in [5, 5.41) is 6.80. The SMILES string of the molecule is O=C(NCC[C@H]1CCCN1)C12CC3CC(CC(C3)C1)C2. The minimum atomic E-state index is 0.0395. The van der Waals surface area contributed by atoms with Gasteiger partial charge in [0.1, 0.15) is 0 Å². The van der Waals surface area contributed by atoms with Crippen LogP contribution in [0.25, 0.3) is 0 Å². The van der Waals surface area contributed by atoms with E-state index >= 15 is 0 Å². The highest BCUT2D eigenvalue weighted by Crippen LogP contribution is 2.60. The van der Waals surface area contributed by atoms with Crippen LogP contribution in [0.5, 0.6) is 0 Å². The van der Waals surface area contributed by atoms with Crippen molar-refractivity contribution in [2.45, 2.75) is 63.8 Å². The van der Waals surface area contributed by atoms with Crippen LogP contribution in [0.3, 0.4) is 0 Å². The molecule has 3 nitrogen and oxygen atoms in total. The average molecular weight is 276 g/mol. The lowest BCUT2D eigenvalue weighted by molar-refractivity contribution is -0.146. The van der Waals surface area contributed by atoms with Gasteiger partial charge >= 0.3 is 0 Å². The first-order valence-corrected chi connectivity index (χ1v) is 8.75. The van der Waals surface area contributed by atoms with E-state index in [1.54, 1.807) is 0 Å². The van der Waals surface area contributed by atoms with Crippen molar-refractivity contribution in [3.05, 3.63) is 0 Å². The van der Waals surface area contributed by atoms with Crippen molar-refractivity contribution in [3.63, 3.8) is 0 Å². The van der Waals surface area contributed by atoms with E-state index in [0.717, 1.165) is 37.3 Å². The summed E-state index contributed by atoms with van der Waals surface area (Å²) < 4.78 is 0. The van der Waals surface area contributed by atoms with Crippen LogP contribution in [0, 0.1) is 23.2 Å². The van der Waals surface area contributed by atoms with E-state index in [-0.39, 0.29) is 5.41 Å². The molecule has 1 amide bonds. The van der Waals surface area contributed by atoms with E-state index in [1.807, 2.05) is 0 Å². The Labute approximate surface area is 122 Å². The number of carbonyl (C=O) groups excluding carboxylic acids is 1. The van der Waals surface area contributed by atoms with Gasteiger partial charge in [-0.05, 0) is 82.1 Å². The van der Waals surface area contributed by atoms with E-state index in [4.69, 9.17) is 0 Å². The molecule has 0 radical (unpaired) electrons. The molecule has 5 fully saturated rings. The third-order valence-electron chi connectivity index (χ3n) is 6.46. The minimum Gasteiger partial charge on any atom is -0.356 e. The summed E-state index contributed by atoms with van der Waals surface area (Å²) in [6.07, 6.45) is 11.5. The van der Waals surface area contributed by atoms with Crippen LogP contribution in [-0.2, 0) is 4.79 Å². The van der Waals surface area contributed by atoms with Gasteiger partial charge < -0.3 is 10.6 Å². The standard InChI is InChI=1S/C17H28N2O/c20-16(19-5-3-15-2-1-4-18-15)17-9-12-6-13(10-17)8-14(7-12)11-17/h12-15,18H,1-11H2,(H,19,20)/t12?,13?,14?,15-,17?/m1/s1. The molecule has 1 aliphatic heterocycles. The molecule has 0 aromatic carbocycles. The van der Waals surface area contributed by atoms with Crippen molar-refractivity contribution in [1.29, 1.82) is 0 Å². The fourth-order valence-corrected chi connectivity index (χ4v) is 5.94. The highest BCUT2D eigenvalue weighted by Gasteiger charge is 2.54. The Bertz CT molecular complexity index is 351. The summed E-state index contributed by atoms with van der Waals surface area (Å²) in [6.45, 7) is 2.03.